The fraction of sp³-hybridized carbons (Fsp3) is 0.471. The number of carbonyl (C=O) groups is 2. The van der Waals surface area contributed by atoms with Crippen molar-refractivity contribution in [2.24, 2.45) is 7.05 Å². The van der Waals surface area contributed by atoms with Crippen molar-refractivity contribution in [1.29, 1.82) is 0 Å². The second-order valence-electron chi connectivity index (χ2n) is 6.10. The molecular formula is C17H22N4O2. The molecule has 1 aromatic heterocycles. The fourth-order valence-corrected chi connectivity index (χ4v) is 3.06. The highest BCUT2D eigenvalue weighted by atomic mass is 16.2. The summed E-state index contributed by atoms with van der Waals surface area (Å²) in [5.74, 6) is 0.200. The molecule has 2 heterocycles. The maximum Gasteiger partial charge on any atom is 0.227 e. The fourth-order valence-electron chi connectivity index (χ4n) is 3.06. The van der Waals surface area contributed by atoms with Crippen LogP contribution in [0.2, 0.25) is 0 Å². The van der Waals surface area contributed by atoms with E-state index in [-0.39, 0.29) is 11.8 Å². The number of imidazole rings is 1. The lowest BCUT2D eigenvalue weighted by atomic mass is 10.1. The first kappa shape index (κ1) is 15.5. The molecule has 3 rings (SSSR count). The van der Waals surface area contributed by atoms with Crippen molar-refractivity contribution in [3.05, 3.63) is 30.1 Å². The predicted molar refractivity (Wildman–Crippen MR) is 87.9 cm³/mol. The van der Waals surface area contributed by atoms with Crippen LogP contribution in [-0.2, 0) is 23.1 Å². The van der Waals surface area contributed by atoms with Crippen molar-refractivity contribution in [3.63, 3.8) is 0 Å². The van der Waals surface area contributed by atoms with E-state index < -0.39 is 0 Å². The minimum Gasteiger partial charge on any atom is -0.341 e. The van der Waals surface area contributed by atoms with Gasteiger partial charge < -0.3 is 14.4 Å². The summed E-state index contributed by atoms with van der Waals surface area (Å²) >= 11 is 0. The van der Waals surface area contributed by atoms with Gasteiger partial charge in [0.1, 0.15) is 0 Å². The van der Waals surface area contributed by atoms with Gasteiger partial charge in [-0.05, 0) is 24.1 Å². The first-order chi connectivity index (χ1) is 11.0. The Morgan fingerprint density at radius 1 is 1.13 bits per heavy atom. The zero-order valence-electron chi connectivity index (χ0n) is 13.7. The standard InChI is InChI=1S/C17H22N4O2/c1-13(22)20-6-3-7-21(9-8-20)17(23)11-14-4-5-16-15(10-14)18-12-19(16)2/h4-5,10,12H,3,6-9,11H2,1-2H3. The van der Waals surface area contributed by atoms with E-state index in [4.69, 9.17) is 0 Å². The minimum absolute atomic E-state index is 0.0832. The molecule has 0 radical (unpaired) electrons. The molecule has 1 fully saturated rings. The third-order valence-corrected chi connectivity index (χ3v) is 4.44. The number of nitrogens with zero attached hydrogens (tertiary/aromatic N) is 4. The van der Waals surface area contributed by atoms with Gasteiger partial charge in [0.2, 0.25) is 11.8 Å². The Hall–Kier alpha value is -2.37. The van der Waals surface area contributed by atoms with E-state index in [9.17, 15) is 9.59 Å². The first-order valence-electron chi connectivity index (χ1n) is 7.98. The van der Waals surface area contributed by atoms with Crippen LogP contribution in [0, 0.1) is 0 Å². The molecule has 23 heavy (non-hydrogen) atoms. The van der Waals surface area contributed by atoms with Crippen molar-refractivity contribution in [1.82, 2.24) is 19.4 Å². The number of amides is 2. The van der Waals surface area contributed by atoms with Gasteiger partial charge in [-0.3, -0.25) is 9.59 Å². The zero-order chi connectivity index (χ0) is 16.4. The maximum atomic E-state index is 12.5. The number of benzene rings is 1. The molecule has 0 N–H and O–H groups in total. The Morgan fingerprint density at radius 2 is 1.87 bits per heavy atom. The lowest BCUT2D eigenvalue weighted by Crippen LogP contribution is -2.37. The van der Waals surface area contributed by atoms with Gasteiger partial charge in [0.15, 0.2) is 0 Å². The number of aryl methyl sites for hydroxylation is 1. The largest absolute Gasteiger partial charge is 0.341 e. The van der Waals surface area contributed by atoms with Crippen LogP contribution in [0.1, 0.15) is 18.9 Å². The quantitative estimate of drug-likeness (QED) is 0.837. The van der Waals surface area contributed by atoms with Gasteiger partial charge in [0.25, 0.3) is 0 Å². The smallest absolute Gasteiger partial charge is 0.227 e. The SMILES string of the molecule is CC(=O)N1CCCN(C(=O)Cc2ccc3c(c2)ncn3C)CC1. The lowest BCUT2D eigenvalue weighted by molar-refractivity contribution is -0.132. The third-order valence-electron chi connectivity index (χ3n) is 4.44. The minimum atomic E-state index is 0.0832. The normalized spacial score (nSPS) is 15.7. The van der Waals surface area contributed by atoms with Crippen LogP contribution in [0.3, 0.4) is 0 Å². The number of hydrogen-bond donors (Lipinski definition) is 0. The zero-order valence-corrected chi connectivity index (χ0v) is 13.7. The van der Waals surface area contributed by atoms with Crippen LogP contribution in [0.4, 0.5) is 0 Å². The van der Waals surface area contributed by atoms with E-state index in [2.05, 4.69) is 4.98 Å². The van der Waals surface area contributed by atoms with Gasteiger partial charge in [-0.25, -0.2) is 4.98 Å². The molecule has 0 atom stereocenters. The van der Waals surface area contributed by atoms with E-state index in [1.54, 1.807) is 13.3 Å². The van der Waals surface area contributed by atoms with E-state index in [1.807, 2.05) is 39.6 Å². The Labute approximate surface area is 135 Å². The molecule has 1 aromatic carbocycles. The van der Waals surface area contributed by atoms with Crippen LogP contribution in [-0.4, -0.2) is 57.3 Å². The highest BCUT2D eigenvalue weighted by Gasteiger charge is 2.20. The van der Waals surface area contributed by atoms with Crippen LogP contribution in [0.5, 0.6) is 0 Å². The number of fused-ring (bicyclic) bond motifs is 1. The molecule has 0 spiro atoms. The summed E-state index contributed by atoms with van der Waals surface area (Å²) in [7, 11) is 1.96. The molecule has 122 valence electrons. The third kappa shape index (κ3) is 3.36. The molecule has 0 bridgehead atoms. The summed E-state index contributed by atoms with van der Waals surface area (Å²) in [5, 5.41) is 0. The van der Waals surface area contributed by atoms with Gasteiger partial charge in [-0.15, -0.1) is 0 Å². The van der Waals surface area contributed by atoms with Crippen molar-refractivity contribution in [3.8, 4) is 0 Å². The molecule has 0 aliphatic carbocycles. The number of carbonyl (C=O) groups excluding carboxylic acids is 2. The second kappa shape index (κ2) is 6.40. The number of hydrogen-bond acceptors (Lipinski definition) is 3. The van der Waals surface area contributed by atoms with Gasteiger partial charge >= 0.3 is 0 Å². The van der Waals surface area contributed by atoms with Gasteiger partial charge in [0.05, 0.1) is 23.8 Å². The van der Waals surface area contributed by atoms with Gasteiger partial charge in [0, 0.05) is 40.2 Å². The number of rotatable bonds is 2. The summed E-state index contributed by atoms with van der Waals surface area (Å²) in [6.45, 7) is 4.28. The molecule has 1 saturated heterocycles. The average Bonchev–Trinajstić information content (AvgIpc) is 2.75. The monoisotopic (exact) mass is 314 g/mol. The summed E-state index contributed by atoms with van der Waals surface area (Å²) in [6, 6.07) is 5.97. The summed E-state index contributed by atoms with van der Waals surface area (Å²) < 4.78 is 1.96. The van der Waals surface area contributed by atoms with Crippen molar-refractivity contribution in [2.75, 3.05) is 26.2 Å². The van der Waals surface area contributed by atoms with Crippen LogP contribution < -0.4 is 0 Å². The van der Waals surface area contributed by atoms with Crippen molar-refractivity contribution < 1.29 is 9.59 Å². The van der Waals surface area contributed by atoms with Crippen molar-refractivity contribution in [2.45, 2.75) is 19.8 Å². The molecule has 1 aliphatic rings. The summed E-state index contributed by atoms with van der Waals surface area (Å²) in [5.41, 5.74) is 2.96. The Balaban J connectivity index is 1.66. The van der Waals surface area contributed by atoms with E-state index in [0.29, 0.717) is 26.1 Å². The predicted octanol–water partition coefficient (Wildman–Crippen LogP) is 1.20. The Bertz CT molecular complexity index is 737. The summed E-state index contributed by atoms with van der Waals surface area (Å²) in [4.78, 5) is 32.0. The summed E-state index contributed by atoms with van der Waals surface area (Å²) in [6.07, 6.45) is 3.00. The van der Waals surface area contributed by atoms with Crippen LogP contribution in [0.15, 0.2) is 24.5 Å². The van der Waals surface area contributed by atoms with Crippen LogP contribution in [0.25, 0.3) is 11.0 Å². The van der Waals surface area contributed by atoms with E-state index >= 15 is 0 Å². The molecule has 1 aliphatic heterocycles. The topological polar surface area (TPSA) is 58.4 Å². The molecule has 6 heteroatoms. The first-order valence-corrected chi connectivity index (χ1v) is 7.98. The van der Waals surface area contributed by atoms with Gasteiger partial charge in [-0.2, -0.15) is 0 Å². The van der Waals surface area contributed by atoms with E-state index in [1.165, 1.54) is 0 Å². The number of aromatic nitrogens is 2. The van der Waals surface area contributed by atoms with Crippen LogP contribution >= 0.6 is 0 Å². The molecule has 2 aromatic rings. The highest BCUT2D eigenvalue weighted by molar-refractivity contribution is 5.82. The molecule has 0 unspecified atom stereocenters. The van der Waals surface area contributed by atoms with Crippen molar-refractivity contribution >= 4 is 22.8 Å². The van der Waals surface area contributed by atoms with Gasteiger partial charge in [-0.1, -0.05) is 6.07 Å². The van der Waals surface area contributed by atoms with E-state index in [0.717, 1.165) is 29.6 Å². The molecular weight excluding hydrogens is 292 g/mol. The maximum absolute atomic E-state index is 12.5. The Kier molecular flexibility index (Phi) is 4.32. The highest BCUT2D eigenvalue weighted by Crippen LogP contribution is 2.15. The molecule has 0 saturated carbocycles. The Morgan fingerprint density at radius 3 is 2.65 bits per heavy atom. The molecule has 2 amide bonds. The molecule has 6 nitrogen and oxygen atoms in total. The second-order valence-corrected chi connectivity index (χ2v) is 6.10. The lowest BCUT2D eigenvalue weighted by Gasteiger charge is -2.21. The average molecular weight is 314 g/mol.